The van der Waals surface area contributed by atoms with Gasteiger partial charge in [0.25, 0.3) is 0 Å². The molecule has 1 N–H and O–H groups in total. The highest BCUT2D eigenvalue weighted by Gasteiger charge is 2.16. The lowest BCUT2D eigenvalue weighted by Crippen LogP contribution is -2.25. The highest BCUT2D eigenvalue weighted by molar-refractivity contribution is 5.76. The van der Waals surface area contributed by atoms with Gasteiger partial charge in [-0.15, -0.1) is 0 Å². The van der Waals surface area contributed by atoms with Gasteiger partial charge in [0.1, 0.15) is 5.69 Å². The summed E-state index contributed by atoms with van der Waals surface area (Å²) in [6.45, 7) is 0.543. The van der Waals surface area contributed by atoms with E-state index < -0.39 is 0 Å². The number of nitrogens with zero attached hydrogens (tertiary/aromatic N) is 1. The van der Waals surface area contributed by atoms with Crippen LogP contribution in [0.15, 0.2) is 41.1 Å². The maximum absolute atomic E-state index is 12.1. The molecule has 1 aliphatic carbocycles. The third kappa shape index (κ3) is 3.97. The van der Waals surface area contributed by atoms with E-state index in [9.17, 15) is 4.79 Å². The number of amides is 1. The zero-order valence-electron chi connectivity index (χ0n) is 12.8. The first kappa shape index (κ1) is 14.8. The second-order valence-corrected chi connectivity index (χ2v) is 6.01. The summed E-state index contributed by atoms with van der Waals surface area (Å²) >= 11 is 0. The van der Waals surface area contributed by atoms with Gasteiger partial charge in [-0.05, 0) is 48.6 Å². The van der Waals surface area contributed by atoms with Crippen LogP contribution in [-0.4, -0.2) is 10.9 Å². The van der Waals surface area contributed by atoms with Crippen molar-refractivity contribution in [1.29, 1.82) is 0 Å². The van der Waals surface area contributed by atoms with Crippen molar-refractivity contribution >= 4 is 5.91 Å². The number of nitrogens with one attached hydrogen (secondary N) is 1. The van der Waals surface area contributed by atoms with Gasteiger partial charge in [0.05, 0.1) is 6.26 Å². The highest BCUT2D eigenvalue weighted by Crippen LogP contribution is 2.26. The number of hydrogen-bond acceptors (Lipinski definition) is 3. The molecule has 0 bridgehead atoms. The van der Waals surface area contributed by atoms with Gasteiger partial charge in [0.2, 0.25) is 5.91 Å². The molecule has 0 spiro atoms. The molecule has 0 aromatic carbocycles. The van der Waals surface area contributed by atoms with Gasteiger partial charge in [-0.2, -0.15) is 0 Å². The number of hydrogen-bond donors (Lipinski definition) is 1. The molecular formula is C18H22N2O2. The van der Waals surface area contributed by atoms with E-state index in [1.165, 1.54) is 32.1 Å². The van der Waals surface area contributed by atoms with Gasteiger partial charge >= 0.3 is 0 Å². The first-order chi connectivity index (χ1) is 10.8. The van der Waals surface area contributed by atoms with Crippen LogP contribution in [0.25, 0.3) is 11.5 Å². The van der Waals surface area contributed by atoms with Gasteiger partial charge in [0.15, 0.2) is 5.76 Å². The van der Waals surface area contributed by atoms with E-state index in [1.54, 1.807) is 12.5 Å². The van der Waals surface area contributed by atoms with Gasteiger partial charge in [-0.1, -0.05) is 19.3 Å². The molecule has 4 nitrogen and oxygen atoms in total. The Morgan fingerprint density at radius 2 is 2.14 bits per heavy atom. The summed E-state index contributed by atoms with van der Waals surface area (Å²) in [6, 6.07) is 7.61. The smallest absolute Gasteiger partial charge is 0.220 e. The van der Waals surface area contributed by atoms with Crippen molar-refractivity contribution in [1.82, 2.24) is 10.3 Å². The van der Waals surface area contributed by atoms with Crippen LogP contribution >= 0.6 is 0 Å². The summed E-state index contributed by atoms with van der Waals surface area (Å²) < 4.78 is 5.35. The molecule has 0 atom stereocenters. The summed E-state index contributed by atoms with van der Waals surface area (Å²) in [5.41, 5.74) is 1.84. The zero-order valence-corrected chi connectivity index (χ0v) is 12.8. The number of pyridine rings is 1. The Hall–Kier alpha value is -2.10. The van der Waals surface area contributed by atoms with Crippen molar-refractivity contribution in [3.05, 3.63) is 42.3 Å². The van der Waals surface area contributed by atoms with E-state index in [0.717, 1.165) is 17.0 Å². The molecule has 2 aromatic heterocycles. The molecular weight excluding hydrogens is 276 g/mol. The Kier molecular flexibility index (Phi) is 4.88. The van der Waals surface area contributed by atoms with E-state index in [2.05, 4.69) is 10.3 Å². The minimum absolute atomic E-state index is 0.156. The number of carbonyl (C=O) groups excluding carboxylic acids is 1. The fourth-order valence-electron chi connectivity index (χ4n) is 3.07. The molecule has 1 fully saturated rings. The molecule has 22 heavy (non-hydrogen) atoms. The Bertz CT molecular complexity index is 601. The summed E-state index contributed by atoms with van der Waals surface area (Å²) in [7, 11) is 0. The second kappa shape index (κ2) is 7.25. The van der Waals surface area contributed by atoms with Crippen LogP contribution in [0.4, 0.5) is 0 Å². The number of aromatic nitrogens is 1. The molecule has 1 amide bonds. The monoisotopic (exact) mass is 298 g/mol. The van der Waals surface area contributed by atoms with Crippen LogP contribution in [0.5, 0.6) is 0 Å². The Labute approximate surface area is 130 Å². The van der Waals surface area contributed by atoms with Gasteiger partial charge in [0, 0.05) is 19.2 Å². The lowest BCUT2D eigenvalue weighted by molar-refractivity contribution is -0.122. The molecule has 3 rings (SSSR count). The van der Waals surface area contributed by atoms with Crippen molar-refractivity contribution in [2.45, 2.75) is 45.1 Å². The quantitative estimate of drug-likeness (QED) is 0.910. The van der Waals surface area contributed by atoms with E-state index in [1.807, 2.05) is 24.3 Å². The van der Waals surface area contributed by atoms with Crippen LogP contribution < -0.4 is 5.32 Å². The third-order valence-corrected chi connectivity index (χ3v) is 4.29. The van der Waals surface area contributed by atoms with Crippen molar-refractivity contribution in [2.24, 2.45) is 5.92 Å². The number of furan rings is 1. The second-order valence-electron chi connectivity index (χ2n) is 6.01. The van der Waals surface area contributed by atoms with Crippen LogP contribution in [0.1, 0.15) is 44.1 Å². The molecule has 1 aliphatic rings. The maximum atomic E-state index is 12.1. The lowest BCUT2D eigenvalue weighted by Gasteiger charge is -2.20. The molecule has 0 radical (unpaired) electrons. The largest absolute Gasteiger partial charge is 0.463 e. The molecule has 0 unspecified atom stereocenters. The first-order valence-corrected chi connectivity index (χ1v) is 8.07. The SMILES string of the molecule is O=C(CC1CCCCC1)NCc1ccnc(-c2ccco2)c1. The van der Waals surface area contributed by atoms with Gasteiger partial charge < -0.3 is 9.73 Å². The Morgan fingerprint density at radius 1 is 1.27 bits per heavy atom. The minimum atomic E-state index is 0.156. The van der Waals surface area contributed by atoms with E-state index >= 15 is 0 Å². The zero-order chi connectivity index (χ0) is 15.2. The lowest BCUT2D eigenvalue weighted by atomic mass is 9.87. The van der Waals surface area contributed by atoms with Gasteiger partial charge in [-0.25, -0.2) is 0 Å². The van der Waals surface area contributed by atoms with Crippen molar-refractivity contribution in [3.63, 3.8) is 0 Å². The molecule has 0 saturated heterocycles. The van der Waals surface area contributed by atoms with Crippen LogP contribution in [0, 0.1) is 5.92 Å². The maximum Gasteiger partial charge on any atom is 0.220 e. The average molecular weight is 298 g/mol. The van der Waals surface area contributed by atoms with Crippen molar-refractivity contribution in [3.8, 4) is 11.5 Å². The van der Waals surface area contributed by atoms with Crippen LogP contribution in [0.2, 0.25) is 0 Å². The minimum Gasteiger partial charge on any atom is -0.463 e. The van der Waals surface area contributed by atoms with Crippen molar-refractivity contribution < 1.29 is 9.21 Å². The topological polar surface area (TPSA) is 55.1 Å². The molecule has 116 valence electrons. The fourth-order valence-corrected chi connectivity index (χ4v) is 3.07. The predicted molar refractivity (Wildman–Crippen MR) is 85.0 cm³/mol. The number of carbonyl (C=O) groups is 1. The summed E-state index contributed by atoms with van der Waals surface area (Å²) in [4.78, 5) is 16.3. The molecule has 2 heterocycles. The molecule has 4 heteroatoms. The third-order valence-electron chi connectivity index (χ3n) is 4.29. The van der Waals surface area contributed by atoms with Crippen LogP contribution in [0.3, 0.4) is 0 Å². The summed E-state index contributed by atoms with van der Waals surface area (Å²) in [6.07, 6.45) is 10.3. The standard InChI is InChI=1S/C18H22N2O2/c21-18(12-14-5-2-1-3-6-14)20-13-15-8-9-19-16(11-15)17-7-4-10-22-17/h4,7-11,14H,1-3,5-6,12-13H2,(H,20,21). The molecule has 2 aromatic rings. The molecule has 1 saturated carbocycles. The summed E-state index contributed by atoms with van der Waals surface area (Å²) in [5, 5.41) is 3.02. The normalized spacial score (nSPS) is 15.6. The Morgan fingerprint density at radius 3 is 2.91 bits per heavy atom. The summed E-state index contributed by atoms with van der Waals surface area (Å²) in [5.74, 6) is 1.48. The predicted octanol–water partition coefficient (Wildman–Crippen LogP) is 3.93. The van der Waals surface area contributed by atoms with E-state index in [-0.39, 0.29) is 5.91 Å². The van der Waals surface area contributed by atoms with E-state index in [4.69, 9.17) is 4.42 Å². The fraction of sp³-hybridized carbons (Fsp3) is 0.444. The number of rotatable bonds is 5. The highest BCUT2D eigenvalue weighted by atomic mass is 16.3. The van der Waals surface area contributed by atoms with Gasteiger partial charge in [-0.3, -0.25) is 9.78 Å². The van der Waals surface area contributed by atoms with Crippen LogP contribution in [-0.2, 0) is 11.3 Å². The molecule has 0 aliphatic heterocycles. The average Bonchev–Trinajstić information content (AvgIpc) is 3.09. The Balaban J connectivity index is 1.52. The van der Waals surface area contributed by atoms with E-state index in [0.29, 0.717) is 18.9 Å². The first-order valence-electron chi connectivity index (χ1n) is 8.07. The van der Waals surface area contributed by atoms with Crippen molar-refractivity contribution in [2.75, 3.05) is 0 Å².